The molecule has 12 heavy (non-hydrogen) atoms. The Bertz CT molecular complexity index is 51.8. The molecular weight excluding hydrogens is 223 g/mol. The van der Waals surface area contributed by atoms with Gasteiger partial charge in [0.05, 0.1) is 0 Å². The monoisotopic (exact) mass is 247 g/mol. The molecule has 0 rings (SSSR count). The van der Waals surface area contributed by atoms with Crippen molar-refractivity contribution < 1.29 is 32.7 Å². The Kier molecular flexibility index (Phi) is 28.1. The molecule has 0 aliphatic heterocycles. The first-order valence-corrected chi connectivity index (χ1v) is 4.86. The van der Waals surface area contributed by atoms with Crippen LogP contribution in [0.5, 0.6) is 0 Å². The van der Waals surface area contributed by atoms with Crippen molar-refractivity contribution in [1.29, 1.82) is 0 Å². The molecule has 73 valence electrons. The summed E-state index contributed by atoms with van der Waals surface area (Å²) >= 11 is 0. The van der Waals surface area contributed by atoms with Crippen molar-refractivity contribution in [2.45, 2.75) is 40.5 Å². The topological polar surface area (TPSA) is 3.24 Å². The molecular formula is C10H24NY-. The predicted molar refractivity (Wildman–Crippen MR) is 53.7 cm³/mol. The van der Waals surface area contributed by atoms with Gasteiger partial charge in [0.25, 0.3) is 0 Å². The third kappa shape index (κ3) is 13.6. The molecule has 0 aliphatic rings. The summed E-state index contributed by atoms with van der Waals surface area (Å²) in [6.07, 6.45) is 2.49. The van der Waals surface area contributed by atoms with Crippen LogP contribution in [-0.2, 0) is 32.7 Å². The Morgan fingerprint density at radius 1 is 1.00 bits per heavy atom. The summed E-state index contributed by atoms with van der Waals surface area (Å²) in [6.45, 7) is 15.6. The second-order valence-corrected chi connectivity index (χ2v) is 2.34. The fourth-order valence-electron chi connectivity index (χ4n) is 0.968. The van der Waals surface area contributed by atoms with Crippen LogP contribution in [0.4, 0.5) is 0 Å². The maximum atomic E-state index is 3.85. The van der Waals surface area contributed by atoms with Gasteiger partial charge in [0.1, 0.15) is 0 Å². The van der Waals surface area contributed by atoms with Crippen LogP contribution in [0.1, 0.15) is 40.5 Å². The molecule has 0 fully saturated rings. The van der Waals surface area contributed by atoms with Gasteiger partial charge in [-0.3, -0.25) is 0 Å². The van der Waals surface area contributed by atoms with Crippen molar-refractivity contribution in [2.24, 2.45) is 0 Å². The Morgan fingerprint density at radius 2 is 1.33 bits per heavy atom. The van der Waals surface area contributed by atoms with Crippen molar-refractivity contribution in [3.05, 3.63) is 6.92 Å². The third-order valence-electron chi connectivity index (χ3n) is 1.40. The largest absolute Gasteiger partial charge is 0.333 e. The van der Waals surface area contributed by atoms with Crippen LogP contribution >= 0.6 is 0 Å². The first kappa shape index (κ1) is 18.8. The van der Waals surface area contributed by atoms with Gasteiger partial charge in [-0.15, -0.1) is 6.54 Å². The van der Waals surface area contributed by atoms with Gasteiger partial charge in [0, 0.05) is 32.7 Å². The average molecular weight is 247 g/mol. The van der Waals surface area contributed by atoms with E-state index >= 15 is 0 Å². The minimum absolute atomic E-state index is 0. The fourth-order valence-corrected chi connectivity index (χ4v) is 0.968. The summed E-state index contributed by atoms with van der Waals surface area (Å²) in [6, 6.07) is 0. The molecule has 0 saturated heterocycles. The summed E-state index contributed by atoms with van der Waals surface area (Å²) in [4.78, 5) is 2.38. The molecule has 0 unspecified atom stereocenters. The quantitative estimate of drug-likeness (QED) is 0.675. The van der Waals surface area contributed by atoms with E-state index < -0.39 is 0 Å². The first-order valence-electron chi connectivity index (χ1n) is 4.86. The third-order valence-corrected chi connectivity index (χ3v) is 1.40. The van der Waals surface area contributed by atoms with E-state index in [9.17, 15) is 0 Å². The number of nitrogens with zero attached hydrogens (tertiary/aromatic N) is 1. The Hall–Kier alpha value is 1.06. The van der Waals surface area contributed by atoms with E-state index in [1.165, 1.54) is 25.9 Å². The van der Waals surface area contributed by atoms with E-state index in [0.717, 1.165) is 6.54 Å². The molecule has 0 heterocycles. The molecule has 0 aromatic carbocycles. The SMILES string of the molecule is CC.[CH2-]CN(CCC)CCC.[Y]. The summed E-state index contributed by atoms with van der Waals surface area (Å²) < 4.78 is 0. The van der Waals surface area contributed by atoms with E-state index in [-0.39, 0.29) is 32.7 Å². The fraction of sp³-hybridized carbons (Fsp3) is 0.900. The molecule has 0 aliphatic carbocycles. The average Bonchev–Trinajstić information content (AvgIpc) is 2.08. The molecule has 0 aromatic rings. The van der Waals surface area contributed by atoms with E-state index in [0.29, 0.717) is 0 Å². The van der Waals surface area contributed by atoms with E-state index in [1.807, 2.05) is 13.8 Å². The zero-order valence-electron chi connectivity index (χ0n) is 9.27. The van der Waals surface area contributed by atoms with Gasteiger partial charge in [0.15, 0.2) is 0 Å². The summed E-state index contributed by atoms with van der Waals surface area (Å²) in [5.41, 5.74) is 0. The minimum Gasteiger partial charge on any atom is -0.333 e. The van der Waals surface area contributed by atoms with Crippen molar-refractivity contribution in [3.63, 3.8) is 0 Å². The molecule has 2 heteroatoms. The maximum absolute atomic E-state index is 3.85. The van der Waals surface area contributed by atoms with Crippen LogP contribution in [0.25, 0.3) is 0 Å². The second-order valence-electron chi connectivity index (χ2n) is 2.34. The molecule has 0 amide bonds. The summed E-state index contributed by atoms with van der Waals surface area (Å²) in [5, 5.41) is 0. The van der Waals surface area contributed by atoms with Crippen LogP contribution in [0.15, 0.2) is 0 Å². The van der Waals surface area contributed by atoms with Crippen LogP contribution in [0.2, 0.25) is 0 Å². The van der Waals surface area contributed by atoms with Crippen molar-refractivity contribution in [1.82, 2.24) is 4.90 Å². The summed E-state index contributed by atoms with van der Waals surface area (Å²) in [5.74, 6) is 0. The number of hydrogen-bond donors (Lipinski definition) is 0. The van der Waals surface area contributed by atoms with E-state index in [2.05, 4.69) is 25.7 Å². The summed E-state index contributed by atoms with van der Waals surface area (Å²) in [7, 11) is 0. The molecule has 1 radical (unpaired) electrons. The van der Waals surface area contributed by atoms with Gasteiger partial charge in [-0.05, 0) is 25.9 Å². The zero-order chi connectivity index (χ0) is 9.11. The van der Waals surface area contributed by atoms with E-state index in [1.54, 1.807) is 0 Å². The molecule has 0 saturated carbocycles. The normalized spacial score (nSPS) is 8.50. The molecule has 0 spiro atoms. The zero-order valence-corrected chi connectivity index (χ0v) is 12.1. The van der Waals surface area contributed by atoms with Gasteiger partial charge in [-0.25, -0.2) is 0 Å². The molecule has 0 bridgehead atoms. The van der Waals surface area contributed by atoms with Crippen LogP contribution < -0.4 is 0 Å². The van der Waals surface area contributed by atoms with Crippen LogP contribution in [-0.4, -0.2) is 24.5 Å². The number of hydrogen-bond acceptors (Lipinski definition) is 1. The molecule has 0 N–H and O–H groups in total. The van der Waals surface area contributed by atoms with Crippen LogP contribution in [0, 0.1) is 6.92 Å². The first-order chi connectivity index (χ1) is 5.35. The van der Waals surface area contributed by atoms with Crippen molar-refractivity contribution in [2.75, 3.05) is 19.6 Å². The second kappa shape index (κ2) is 18.0. The standard InChI is InChI=1S/C8H18N.C2H6.Y/c1-4-7-9(6-3)8-5-2;1-2;/h3-8H2,1-2H3;1-2H3;/q-1;;. The minimum atomic E-state index is 0. The van der Waals surface area contributed by atoms with Crippen molar-refractivity contribution in [3.8, 4) is 0 Å². The molecule has 0 aromatic heterocycles. The Balaban J connectivity index is -0.000000249. The van der Waals surface area contributed by atoms with Crippen molar-refractivity contribution >= 4 is 0 Å². The molecule has 1 nitrogen and oxygen atoms in total. The molecule has 0 atom stereocenters. The Labute approximate surface area is 104 Å². The van der Waals surface area contributed by atoms with Gasteiger partial charge >= 0.3 is 0 Å². The van der Waals surface area contributed by atoms with Crippen LogP contribution in [0.3, 0.4) is 0 Å². The van der Waals surface area contributed by atoms with Gasteiger partial charge in [-0.2, -0.15) is 0 Å². The van der Waals surface area contributed by atoms with Gasteiger partial charge < -0.3 is 11.8 Å². The number of rotatable bonds is 5. The predicted octanol–water partition coefficient (Wildman–Crippen LogP) is 2.97. The maximum Gasteiger partial charge on any atom is 0 e. The van der Waals surface area contributed by atoms with E-state index in [4.69, 9.17) is 0 Å². The van der Waals surface area contributed by atoms with Gasteiger partial charge in [0.2, 0.25) is 0 Å². The van der Waals surface area contributed by atoms with Gasteiger partial charge in [-0.1, -0.05) is 27.7 Å². The smallest absolute Gasteiger partial charge is 0 e. The Morgan fingerprint density at radius 3 is 1.50 bits per heavy atom.